The lowest BCUT2D eigenvalue weighted by Gasteiger charge is -2.31. The topological polar surface area (TPSA) is 119 Å². The fraction of sp³-hybridized carbons (Fsp3) is 0.227. The third-order valence-corrected chi connectivity index (χ3v) is 6.91. The summed E-state index contributed by atoms with van der Waals surface area (Å²) >= 11 is 7.27. The summed E-state index contributed by atoms with van der Waals surface area (Å²) in [5.74, 6) is -0.0320. The number of nitrogens with one attached hydrogen (secondary N) is 1. The van der Waals surface area contributed by atoms with E-state index in [4.69, 9.17) is 17.3 Å². The largest absolute Gasteiger partial charge is 0.365 e. The maximum Gasteiger partial charge on any atom is 0.252 e. The molecular weight excluding hydrogens is 462 g/mol. The number of nitrogens with two attached hydrogens (primary N) is 1. The molecular formula is C22H20ClN7O2S. The van der Waals surface area contributed by atoms with E-state index in [1.54, 1.807) is 23.0 Å². The van der Waals surface area contributed by atoms with E-state index in [0.717, 1.165) is 11.4 Å². The minimum absolute atomic E-state index is 0.108. The highest BCUT2D eigenvalue weighted by atomic mass is 35.5. The number of hydrogen-bond donors (Lipinski definition) is 2. The average molecular weight is 482 g/mol. The number of primary amides is 1. The average Bonchev–Trinajstić information content (AvgIpc) is 3.46. The molecule has 0 bridgehead atoms. The molecule has 1 aliphatic heterocycles. The third kappa shape index (κ3) is 4.27. The van der Waals surface area contributed by atoms with Gasteiger partial charge in [0.2, 0.25) is 5.91 Å². The molecule has 0 unspecified atom stereocenters. The van der Waals surface area contributed by atoms with E-state index < -0.39 is 5.91 Å². The molecule has 2 amide bonds. The van der Waals surface area contributed by atoms with Crippen molar-refractivity contribution < 1.29 is 9.59 Å². The molecule has 1 fully saturated rings. The van der Waals surface area contributed by atoms with E-state index in [1.165, 1.54) is 11.3 Å². The van der Waals surface area contributed by atoms with E-state index in [9.17, 15) is 9.59 Å². The van der Waals surface area contributed by atoms with Gasteiger partial charge < -0.3 is 16.0 Å². The fourth-order valence-corrected chi connectivity index (χ4v) is 5.11. The molecule has 5 rings (SSSR count). The predicted octanol–water partition coefficient (Wildman–Crippen LogP) is 3.46. The summed E-state index contributed by atoms with van der Waals surface area (Å²) in [5, 5.41) is 18.2. The Hall–Kier alpha value is -3.50. The summed E-state index contributed by atoms with van der Waals surface area (Å²) in [6, 6.07) is 10.9. The maximum atomic E-state index is 13.0. The number of piperidine rings is 1. The van der Waals surface area contributed by atoms with Gasteiger partial charge >= 0.3 is 0 Å². The van der Waals surface area contributed by atoms with Gasteiger partial charge in [0.05, 0.1) is 5.56 Å². The zero-order valence-corrected chi connectivity index (χ0v) is 19.0. The Morgan fingerprint density at radius 2 is 1.88 bits per heavy atom. The lowest BCUT2D eigenvalue weighted by Crippen LogP contribution is -2.38. The number of thiophene rings is 1. The highest BCUT2D eigenvalue weighted by Gasteiger charge is 2.28. The zero-order valence-electron chi connectivity index (χ0n) is 17.4. The number of halogens is 1. The second-order valence-corrected chi connectivity index (χ2v) is 9.12. The van der Waals surface area contributed by atoms with Crippen molar-refractivity contribution in [2.75, 3.05) is 23.3 Å². The Bertz CT molecular complexity index is 1330. The quantitative estimate of drug-likeness (QED) is 0.450. The van der Waals surface area contributed by atoms with E-state index >= 15 is 0 Å². The fourth-order valence-electron chi connectivity index (χ4n) is 4.01. The Morgan fingerprint density at radius 3 is 2.61 bits per heavy atom. The summed E-state index contributed by atoms with van der Waals surface area (Å²) < 4.78 is 1.63. The zero-order chi connectivity index (χ0) is 22.9. The number of rotatable bonds is 5. The van der Waals surface area contributed by atoms with E-state index in [0.29, 0.717) is 52.7 Å². The van der Waals surface area contributed by atoms with Crippen molar-refractivity contribution in [3.63, 3.8) is 0 Å². The van der Waals surface area contributed by atoms with Gasteiger partial charge in [0.15, 0.2) is 5.65 Å². The number of amides is 2. The van der Waals surface area contributed by atoms with Crippen LogP contribution in [0.1, 0.15) is 23.2 Å². The summed E-state index contributed by atoms with van der Waals surface area (Å²) in [6.45, 7) is 1.39. The Balaban J connectivity index is 1.27. The van der Waals surface area contributed by atoms with Crippen LogP contribution in [-0.2, 0) is 4.79 Å². The molecule has 0 saturated carbocycles. The lowest BCUT2D eigenvalue weighted by molar-refractivity contribution is -0.120. The van der Waals surface area contributed by atoms with Gasteiger partial charge in [-0.1, -0.05) is 23.7 Å². The molecule has 168 valence electrons. The molecule has 1 saturated heterocycles. The molecule has 3 aromatic heterocycles. The van der Waals surface area contributed by atoms with Crippen LogP contribution in [0.4, 0.5) is 10.8 Å². The number of hydrogen-bond acceptors (Lipinski definition) is 7. The second kappa shape index (κ2) is 8.80. The Labute approximate surface area is 198 Å². The van der Waals surface area contributed by atoms with Crippen molar-refractivity contribution in [3.05, 3.63) is 58.7 Å². The summed E-state index contributed by atoms with van der Waals surface area (Å²) in [6.07, 6.45) is 2.92. The standard InChI is InChI=1S/C22H20ClN7O2S/c23-15-3-1-13(2-4-15)16-11-33-22(19(16)20(24)31)26-21(32)14-7-9-29(10-8-14)18-6-5-17-27-25-12-30(17)28-18/h1-6,11-12,14H,7-10H2,(H2,24,31)(H,26,32). The molecule has 0 aliphatic carbocycles. The molecule has 4 aromatic rings. The Kier molecular flexibility index (Phi) is 5.69. The summed E-state index contributed by atoms with van der Waals surface area (Å²) in [5.41, 5.74) is 8.17. The molecule has 0 spiro atoms. The highest BCUT2D eigenvalue weighted by Crippen LogP contribution is 2.36. The van der Waals surface area contributed by atoms with Gasteiger partial charge in [0.25, 0.3) is 5.91 Å². The normalized spacial score (nSPS) is 14.5. The number of anilines is 2. The van der Waals surface area contributed by atoms with Crippen LogP contribution in [0.5, 0.6) is 0 Å². The first-order chi connectivity index (χ1) is 16.0. The number of carbonyl (C=O) groups is 2. The molecule has 33 heavy (non-hydrogen) atoms. The number of fused-ring (bicyclic) bond motifs is 1. The number of aromatic nitrogens is 4. The number of nitrogens with zero attached hydrogens (tertiary/aromatic N) is 5. The first-order valence-electron chi connectivity index (χ1n) is 10.4. The van der Waals surface area contributed by atoms with Gasteiger partial charge in [0.1, 0.15) is 17.1 Å². The summed E-state index contributed by atoms with van der Waals surface area (Å²) in [4.78, 5) is 27.3. The first kappa shape index (κ1) is 21.4. The molecule has 3 N–H and O–H groups in total. The molecule has 0 atom stereocenters. The summed E-state index contributed by atoms with van der Waals surface area (Å²) in [7, 11) is 0. The van der Waals surface area contributed by atoms with Crippen molar-refractivity contribution in [2.24, 2.45) is 11.7 Å². The van der Waals surface area contributed by atoms with Gasteiger partial charge in [-0.15, -0.1) is 26.6 Å². The van der Waals surface area contributed by atoms with Crippen LogP contribution in [0.15, 0.2) is 48.1 Å². The van der Waals surface area contributed by atoms with Crippen LogP contribution in [0, 0.1) is 5.92 Å². The van der Waals surface area contributed by atoms with Crippen LogP contribution in [-0.4, -0.2) is 44.7 Å². The van der Waals surface area contributed by atoms with Crippen molar-refractivity contribution in [1.29, 1.82) is 0 Å². The van der Waals surface area contributed by atoms with Gasteiger partial charge in [-0.3, -0.25) is 9.59 Å². The second-order valence-electron chi connectivity index (χ2n) is 7.80. The van der Waals surface area contributed by atoms with E-state index in [-0.39, 0.29) is 11.8 Å². The third-order valence-electron chi connectivity index (χ3n) is 5.77. The van der Waals surface area contributed by atoms with Crippen LogP contribution < -0.4 is 16.0 Å². The van der Waals surface area contributed by atoms with Gasteiger partial charge in [-0.25, -0.2) is 0 Å². The molecule has 0 radical (unpaired) electrons. The molecule has 4 heterocycles. The number of benzene rings is 1. The van der Waals surface area contributed by atoms with Crippen LogP contribution in [0.2, 0.25) is 5.02 Å². The maximum absolute atomic E-state index is 13.0. The SMILES string of the molecule is NC(=O)c1c(-c2ccc(Cl)cc2)csc1NC(=O)C1CCN(c2ccc3nncn3n2)CC1. The van der Waals surface area contributed by atoms with Crippen LogP contribution in [0.3, 0.4) is 0 Å². The van der Waals surface area contributed by atoms with E-state index in [1.807, 2.05) is 29.6 Å². The van der Waals surface area contributed by atoms with Crippen molar-refractivity contribution in [1.82, 2.24) is 19.8 Å². The first-order valence-corrected chi connectivity index (χ1v) is 11.7. The molecule has 9 nitrogen and oxygen atoms in total. The lowest BCUT2D eigenvalue weighted by atomic mass is 9.95. The van der Waals surface area contributed by atoms with Gasteiger partial charge in [-0.05, 0) is 42.7 Å². The predicted molar refractivity (Wildman–Crippen MR) is 128 cm³/mol. The minimum atomic E-state index is -0.582. The monoisotopic (exact) mass is 481 g/mol. The van der Waals surface area contributed by atoms with Gasteiger partial charge in [-0.2, -0.15) is 4.52 Å². The molecule has 1 aromatic carbocycles. The van der Waals surface area contributed by atoms with Crippen LogP contribution in [0.25, 0.3) is 16.8 Å². The molecule has 11 heteroatoms. The Morgan fingerprint density at radius 1 is 1.12 bits per heavy atom. The van der Waals surface area contributed by atoms with Crippen molar-refractivity contribution in [3.8, 4) is 11.1 Å². The minimum Gasteiger partial charge on any atom is -0.365 e. The smallest absolute Gasteiger partial charge is 0.252 e. The van der Waals surface area contributed by atoms with Crippen molar-refractivity contribution >= 4 is 51.2 Å². The highest BCUT2D eigenvalue weighted by molar-refractivity contribution is 7.15. The van der Waals surface area contributed by atoms with Crippen LogP contribution >= 0.6 is 22.9 Å². The number of carbonyl (C=O) groups excluding carboxylic acids is 2. The van der Waals surface area contributed by atoms with Crippen molar-refractivity contribution in [2.45, 2.75) is 12.8 Å². The van der Waals surface area contributed by atoms with E-state index in [2.05, 4.69) is 25.5 Å². The van der Waals surface area contributed by atoms with Gasteiger partial charge in [0, 0.05) is 35.0 Å². The molecule has 1 aliphatic rings.